The Morgan fingerprint density at radius 1 is 1.29 bits per heavy atom. The lowest BCUT2D eigenvalue weighted by atomic mass is 10.3. The molecule has 3 nitrogen and oxygen atoms in total. The van der Waals surface area contributed by atoms with Gasteiger partial charge in [-0.25, -0.2) is 9.37 Å². The van der Waals surface area contributed by atoms with Crippen LogP contribution < -0.4 is 11.1 Å². The van der Waals surface area contributed by atoms with Crippen molar-refractivity contribution in [3.05, 3.63) is 46.3 Å². The van der Waals surface area contributed by atoms with Crippen molar-refractivity contribution in [2.24, 2.45) is 0 Å². The van der Waals surface area contributed by atoms with Crippen LogP contribution in [0.5, 0.6) is 0 Å². The molecule has 1 aromatic heterocycles. The lowest BCUT2D eigenvalue weighted by molar-refractivity contribution is 0.621. The topological polar surface area (TPSA) is 50.9 Å². The first-order chi connectivity index (χ1) is 8.06. The zero-order chi connectivity index (χ0) is 12.4. The molecular formula is C12H11BrFN3. The summed E-state index contributed by atoms with van der Waals surface area (Å²) < 4.78 is 13.5. The van der Waals surface area contributed by atoms with E-state index in [1.54, 1.807) is 24.3 Å². The molecule has 0 radical (unpaired) electrons. The highest BCUT2D eigenvalue weighted by atomic mass is 79.9. The molecule has 3 N–H and O–H groups in total. The number of benzene rings is 1. The molecule has 0 aliphatic rings. The van der Waals surface area contributed by atoms with E-state index in [0.717, 1.165) is 11.4 Å². The summed E-state index contributed by atoms with van der Waals surface area (Å²) in [5, 5.41) is 3.08. The molecule has 0 saturated heterocycles. The fraction of sp³-hybridized carbons (Fsp3) is 0.0833. The average molecular weight is 296 g/mol. The van der Waals surface area contributed by atoms with E-state index in [1.165, 1.54) is 6.07 Å². The summed E-state index contributed by atoms with van der Waals surface area (Å²) in [4.78, 5) is 4.27. The molecule has 0 aliphatic carbocycles. The van der Waals surface area contributed by atoms with Gasteiger partial charge in [-0.05, 0) is 53.2 Å². The van der Waals surface area contributed by atoms with Gasteiger partial charge in [0.15, 0.2) is 0 Å². The van der Waals surface area contributed by atoms with Crippen molar-refractivity contribution in [1.82, 2.24) is 4.98 Å². The van der Waals surface area contributed by atoms with Gasteiger partial charge in [0.1, 0.15) is 11.6 Å². The summed E-state index contributed by atoms with van der Waals surface area (Å²) >= 11 is 3.13. The maximum absolute atomic E-state index is 13.0. The van der Waals surface area contributed by atoms with Crippen LogP contribution in [0.3, 0.4) is 0 Å². The van der Waals surface area contributed by atoms with Crippen molar-refractivity contribution in [2.45, 2.75) is 6.92 Å². The molecule has 1 aromatic carbocycles. The van der Waals surface area contributed by atoms with Crippen LogP contribution >= 0.6 is 15.9 Å². The van der Waals surface area contributed by atoms with Crippen LogP contribution in [-0.4, -0.2) is 4.98 Å². The third-order valence-corrected chi connectivity index (χ3v) is 2.93. The highest BCUT2D eigenvalue weighted by Gasteiger charge is 2.02. The molecule has 1 heterocycles. The lowest BCUT2D eigenvalue weighted by Crippen LogP contribution is -1.98. The second-order valence-electron chi connectivity index (χ2n) is 3.63. The van der Waals surface area contributed by atoms with Crippen molar-refractivity contribution >= 4 is 33.1 Å². The van der Waals surface area contributed by atoms with Gasteiger partial charge < -0.3 is 11.1 Å². The highest BCUT2D eigenvalue weighted by Crippen LogP contribution is 2.23. The van der Waals surface area contributed by atoms with E-state index in [2.05, 4.69) is 26.2 Å². The average Bonchev–Trinajstić information content (AvgIpc) is 2.29. The molecule has 17 heavy (non-hydrogen) atoms. The minimum atomic E-state index is -0.294. The number of aromatic nitrogens is 1. The Hall–Kier alpha value is -1.62. The minimum Gasteiger partial charge on any atom is -0.397 e. The molecule has 0 saturated carbocycles. The first-order valence-corrected chi connectivity index (χ1v) is 5.81. The van der Waals surface area contributed by atoms with E-state index < -0.39 is 0 Å². The predicted molar refractivity (Wildman–Crippen MR) is 70.8 cm³/mol. The Kier molecular flexibility index (Phi) is 3.28. The number of hydrogen-bond acceptors (Lipinski definition) is 3. The van der Waals surface area contributed by atoms with Gasteiger partial charge in [-0.1, -0.05) is 0 Å². The van der Waals surface area contributed by atoms with E-state index in [0.29, 0.717) is 16.0 Å². The molecule has 2 aromatic rings. The number of hydrogen-bond donors (Lipinski definition) is 2. The summed E-state index contributed by atoms with van der Waals surface area (Å²) in [5.74, 6) is 0.382. The number of nitrogens with two attached hydrogens (primary N) is 1. The zero-order valence-corrected chi connectivity index (χ0v) is 10.8. The molecule has 2 rings (SSSR count). The Bertz CT molecular complexity index is 508. The molecule has 0 spiro atoms. The molecule has 0 aliphatic heterocycles. The molecule has 0 atom stereocenters. The first kappa shape index (κ1) is 11.9. The number of anilines is 3. The smallest absolute Gasteiger partial charge is 0.137 e. The maximum atomic E-state index is 13.0. The van der Waals surface area contributed by atoms with E-state index in [1.807, 2.05) is 6.92 Å². The fourth-order valence-electron chi connectivity index (χ4n) is 1.36. The van der Waals surface area contributed by atoms with Crippen molar-refractivity contribution < 1.29 is 4.39 Å². The third kappa shape index (κ3) is 2.74. The molecule has 0 unspecified atom stereocenters. The van der Waals surface area contributed by atoms with Gasteiger partial charge in [-0.3, -0.25) is 0 Å². The van der Waals surface area contributed by atoms with Crippen molar-refractivity contribution in [3.8, 4) is 0 Å². The first-order valence-electron chi connectivity index (χ1n) is 5.01. The van der Waals surface area contributed by atoms with Gasteiger partial charge in [-0.2, -0.15) is 0 Å². The van der Waals surface area contributed by atoms with Gasteiger partial charge >= 0.3 is 0 Å². The molecule has 88 valence electrons. The summed E-state index contributed by atoms with van der Waals surface area (Å²) in [7, 11) is 0. The summed E-state index contributed by atoms with van der Waals surface area (Å²) in [5.41, 5.74) is 7.85. The van der Waals surface area contributed by atoms with Crippen LogP contribution in [0.15, 0.2) is 34.8 Å². The van der Waals surface area contributed by atoms with Crippen LogP contribution in [0.2, 0.25) is 0 Å². The van der Waals surface area contributed by atoms with Gasteiger partial charge in [-0.15, -0.1) is 0 Å². The van der Waals surface area contributed by atoms with Gasteiger partial charge in [0.25, 0.3) is 0 Å². The van der Waals surface area contributed by atoms with E-state index in [-0.39, 0.29) is 5.82 Å². The molecular weight excluding hydrogens is 285 g/mol. The van der Waals surface area contributed by atoms with E-state index >= 15 is 0 Å². The number of nitrogens with one attached hydrogen (secondary N) is 1. The van der Waals surface area contributed by atoms with Crippen LogP contribution in [0, 0.1) is 12.7 Å². The van der Waals surface area contributed by atoms with Crippen LogP contribution in [0.4, 0.5) is 21.6 Å². The van der Waals surface area contributed by atoms with Crippen LogP contribution in [0.25, 0.3) is 0 Å². The van der Waals surface area contributed by atoms with Gasteiger partial charge in [0, 0.05) is 5.69 Å². The lowest BCUT2D eigenvalue weighted by Gasteiger charge is -2.08. The minimum absolute atomic E-state index is 0.294. The Balaban J connectivity index is 2.25. The number of rotatable bonds is 2. The number of nitrogen functional groups attached to an aromatic ring is 1. The Labute approximate surface area is 107 Å². The zero-order valence-electron chi connectivity index (χ0n) is 9.17. The molecule has 0 fully saturated rings. The largest absolute Gasteiger partial charge is 0.397 e. The van der Waals surface area contributed by atoms with Gasteiger partial charge in [0.05, 0.1) is 15.9 Å². The quantitative estimate of drug-likeness (QED) is 0.890. The predicted octanol–water partition coefficient (Wildman–Crippen LogP) is 3.62. The third-order valence-electron chi connectivity index (χ3n) is 2.32. The second-order valence-corrected chi connectivity index (χ2v) is 4.48. The van der Waals surface area contributed by atoms with Crippen molar-refractivity contribution in [1.29, 1.82) is 0 Å². The highest BCUT2D eigenvalue weighted by molar-refractivity contribution is 9.10. The number of nitrogens with zero attached hydrogens (tertiary/aromatic N) is 1. The van der Waals surface area contributed by atoms with Crippen LogP contribution in [0.1, 0.15) is 5.69 Å². The van der Waals surface area contributed by atoms with Crippen molar-refractivity contribution in [2.75, 3.05) is 11.1 Å². The monoisotopic (exact) mass is 295 g/mol. The summed E-state index contributed by atoms with van der Waals surface area (Å²) in [6.45, 7) is 1.83. The fourth-order valence-corrected chi connectivity index (χ4v) is 1.74. The maximum Gasteiger partial charge on any atom is 0.137 e. The van der Waals surface area contributed by atoms with Gasteiger partial charge in [0.2, 0.25) is 0 Å². The Morgan fingerprint density at radius 2 is 2.06 bits per heavy atom. The molecule has 0 amide bonds. The molecule has 0 bridgehead atoms. The normalized spacial score (nSPS) is 10.3. The summed E-state index contributed by atoms with van der Waals surface area (Å²) in [6.07, 6.45) is 0. The SMILES string of the molecule is Cc1nc(Nc2ccc(F)c(Br)c2)ccc1N. The van der Waals surface area contributed by atoms with Crippen LogP contribution in [-0.2, 0) is 0 Å². The van der Waals surface area contributed by atoms with E-state index in [4.69, 9.17) is 5.73 Å². The standard InChI is InChI=1S/C12H11BrFN3/c1-7-11(15)4-5-12(16-7)17-8-2-3-10(14)9(13)6-8/h2-6H,15H2,1H3,(H,16,17). The van der Waals surface area contributed by atoms with E-state index in [9.17, 15) is 4.39 Å². The van der Waals surface area contributed by atoms with Crippen molar-refractivity contribution in [3.63, 3.8) is 0 Å². The summed E-state index contributed by atoms with van der Waals surface area (Å²) in [6, 6.07) is 8.25. The number of pyridine rings is 1. The Morgan fingerprint density at radius 3 is 2.71 bits per heavy atom. The number of halogens is 2. The number of aryl methyl sites for hydroxylation is 1. The second kappa shape index (κ2) is 4.71. The molecule has 5 heteroatoms.